The van der Waals surface area contributed by atoms with Crippen LogP contribution in [0.2, 0.25) is 0 Å². The van der Waals surface area contributed by atoms with Gasteiger partial charge >= 0.3 is 0 Å². The van der Waals surface area contributed by atoms with Crippen LogP contribution in [0.5, 0.6) is 0 Å². The number of ketones is 1. The maximum atomic E-state index is 12.6. The first-order chi connectivity index (χ1) is 18.8. The van der Waals surface area contributed by atoms with Crippen LogP contribution in [-0.4, -0.2) is 99.3 Å². The molecule has 10 nitrogen and oxygen atoms in total. The van der Waals surface area contributed by atoms with Gasteiger partial charge in [-0.2, -0.15) is 0 Å². The van der Waals surface area contributed by atoms with Gasteiger partial charge in [0.2, 0.25) is 17.7 Å². The highest BCUT2D eigenvalue weighted by atomic mass is 32.2. The summed E-state index contributed by atoms with van der Waals surface area (Å²) in [5.74, 6) is 0.540. The summed E-state index contributed by atoms with van der Waals surface area (Å²) in [5, 5.41) is 4.94. The van der Waals surface area contributed by atoms with E-state index in [9.17, 15) is 19.2 Å². The molecule has 39 heavy (non-hydrogen) atoms. The van der Waals surface area contributed by atoms with Gasteiger partial charge in [-0.1, -0.05) is 47.0 Å². The fourth-order valence-electron chi connectivity index (χ4n) is 3.67. The summed E-state index contributed by atoms with van der Waals surface area (Å²) in [4.78, 5) is 56.8. The molecular weight excluding hydrogens is 522 g/mol. The summed E-state index contributed by atoms with van der Waals surface area (Å²) in [7, 11) is 3.75. The SMILES string of the molecule is C=O.CC.CC.CC(=O)CNC(=O)C(C)OCCOCCSC1CC(=O)N(CC2CCCCC2)C1=O.CNC. The zero-order valence-electron chi connectivity index (χ0n) is 25.6. The zero-order valence-corrected chi connectivity index (χ0v) is 26.5. The third-order valence-electron chi connectivity index (χ3n) is 5.39. The lowest BCUT2D eigenvalue weighted by molar-refractivity contribution is -0.139. The normalized spacial score (nSPS) is 17.1. The highest BCUT2D eigenvalue weighted by Crippen LogP contribution is 2.29. The second kappa shape index (κ2) is 29.2. The van der Waals surface area contributed by atoms with Crippen molar-refractivity contribution >= 4 is 42.1 Å². The maximum absolute atomic E-state index is 12.6. The number of nitrogens with one attached hydrogen (secondary N) is 2. The van der Waals surface area contributed by atoms with Gasteiger partial charge in [-0.25, -0.2) is 0 Å². The fourth-order valence-corrected chi connectivity index (χ4v) is 4.70. The third-order valence-corrected chi connectivity index (χ3v) is 6.56. The number of amides is 3. The summed E-state index contributed by atoms with van der Waals surface area (Å²) in [6.07, 6.45) is 5.51. The molecule has 0 bridgehead atoms. The summed E-state index contributed by atoms with van der Waals surface area (Å²) in [5.41, 5.74) is 0. The second-order valence-electron chi connectivity index (χ2n) is 8.46. The van der Waals surface area contributed by atoms with Crippen LogP contribution >= 0.6 is 11.8 Å². The molecule has 2 fully saturated rings. The van der Waals surface area contributed by atoms with Crippen LogP contribution in [0.1, 0.15) is 80.1 Å². The first-order valence-electron chi connectivity index (χ1n) is 14.1. The van der Waals surface area contributed by atoms with E-state index in [2.05, 4.69) is 10.6 Å². The van der Waals surface area contributed by atoms with Crippen molar-refractivity contribution in [3.8, 4) is 0 Å². The predicted molar refractivity (Wildman–Crippen MR) is 159 cm³/mol. The molecule has 2 unspecified atom stereocenters. The molecule has 2 rings (SSSR count). The van der Waals surface area contributed by atoms with Crippen LogP contribution in [0.3, 0.4) is 0 Å². The van der Waals surface area contributed by atoms with Gasteiger partial charge in [0, 0.05) is 18.7 Å². The van der Waals surface area contributed by atoms with Crippen LogP contribution in [0.15, 0.2) is 0 Å². The van der Waals surface area contributed by atoms with E-state index in [0.29, 0.717) is 31.4 Å². The minimum Gasteiger partial charge on any atom is -0.378 e. The summed E-state index contributed by atoms with van der Waals surface area (Å²) in [6.45, 7) is 14.6. The average molecular weight is 578 g/mol. The quantitative estimate of drug-likeness (QED) is 0.250. The average Bonchev–Trinajstić information content (AvgIpc) is 3.22. The van der Waals surface area contributed by atoms with Gasteiger partial charge in [0.1, 0.15) is 18.7 Å². The van der Waals surface area contributed by atoms with E-state index in [1.807, 2.05) is 48.6 Å². The Balaban J connectivity index is -0.00000129. The van der Waals surface area contributed by atoms with Gasteiger partial charge in [-0.05, 0) is 46.7 Å². The van der Waals surface area contributed by atoms with Crippen LogP contribution < -0.4 is 10.6 Å². The van der Waals surface area contributed by atoms with E-state index in [4.69, 9.17) is 14.3 Å². The molecule has 0 radical (unpaired) electrons. The third kappa shape index (κ3) is 20.7. The number of carbonyl (C=O) groups excluding carboxylic acids is 5. The molecule has 0 aromatic heterocycles. The fraction of sp³-hybridized carbons (Fsp3) is 0.821. The Morgan fingerprint density at radius 2 is 1.59 bits per heavy atom. The van der Waals surface area contributed by atoms with E-state index in [1.165, 1.54) is 42.8 Å². The van der Waals surface area contributed by atoms with Crippen molar-refractivity contribution in [1.29, 1.82) is 0 Å². The van der Waals surface area contributed by atoms with Crippen molar-refractivity contribution in [3.05, 3.63) is 0 Å². The molecule has 1 saturated carbocycles. The van der Waals surface area contributed by atoms with Crippen molar-refractivity contribution in [3.63, 3.8) is 0 Å². The van der Waals surface area contributed by atoms with Gasteiger partial charge in [0.15, 0.2) is 0 Å². The molecule has 230 valence electrons. The highest BCUT2D eigenvalue weighted by molar-refractivity contribution is 8.00. The first-order valence-corrected chi connectivity index (χ1v) is 15.1. The molecule has 0 aromatic carbocycles. The molecule has 0 aromatic rings. The first kappa shape index (κ1) is 41.7. The molecule has 1 aliphatic carbocycles. The smallest absolute Gasteiger partial charge is 0.249 e. The van der Waals surface area contributed by atoms with Crippen LogP contribution in [0.25, 0.3) is 0 Å². The Morgan fingerprint density at radius 3 is 2.13 bits per heavy atom. The maximum Gasteiger partial charge on any atom is 0.249 e. The van der Waals surface area contributed by atoms with Crippen molar-refractivity contribution < 1.29 is 33.4 Å². The van der Waals surface area contributed by atoms with E-state index in [-0.39, 0.29) is 48.3 Å². The number of ether oxygens (including phenoxy) is 2. The monoisotopic (exact) mass is 577 g/mol. The van der Waals surface area contributed by atoms with E-state index >= 15 is 0 Å². The molecule has 1 heterocycles. The molecule has 2 atom stereocenters. The van der Waals surface area contributed by atoms with Crippen molar-refractivity contribution in [1.82, 2.24) is 15.5 Å². The molecule has 2 N–H and O–H groups in total. The van der Waals surface area contributed by atoms with E-state index < -0.39 is 6.10 Å². The molecular formula is C28H55N3O7S. The largest absolute Gasteiger partial charge is 0.378 e. The van der Waals surface area contributed by atoms with E-state index in [0.717, 1.165) is 12.8 Å². The van der Waals surface area contributed by atoms with Crippen LogP contribution in [0, 0.1) is 5.92 Å². The van der Waals surface area contributed by atoms with Gasteiger partial charge < -0.3 is 24.9 Å². The summed E-state index contributed by atoms with van der Waals surface area (Å²) < 4.78 is 10.9. The van der Waals surface area contributed by atoms with Gasteiger partial charge in [0.25, 0.3) is 0 Å². The van der Waals surface area contributed by atoms with Crippen LogP contribution in [-0.2, 0) is 33.4 Å². The Morgan fingerprint density at radius 1 is 1.03 bits per heavy atom. The molecule has 1 aliphatic heterocycles. The predicted octanol–water partition coefficient (Wildman–Crippen LogP) is 3.26. The minimum absolute atomic E-state index is 0.000725. The number of hydrogen-bond donors (Lipinski definition) is 2. The molecule has 1 saturated heterocycles. The standard InChI is InChI=1S/C21H34N2O6S.C2H7N.2C2H6.CH2O/c1-15(24)13-22-20(26)16(2)29-9-8-28-10-11-30-18-12-19(25)23(21(18)27)14-17-6-4-3-5-7-17;1-3-2;3*1-2/h16-18H,3-14H2,1-2H3,(H,22,26);3H,1-2H3;2*1-2H3;1H2. The number of carbonyl (C=O) groups is 5. The number of imide groups is 1. The van der Waals surface area contributed by atoms with Crippen LogP contribution in [0.4, 0.5) is 0 Å². The molecule has 11 heteroatoms. The van der Waals surface area contributed by atoms with Crippen molar-refractivity contribution in [2.45, 2.75) is 91.4 Å². The minimum atomic E-state index is -0.653. The van der Waals surface area contributed by atoms with Gasteiger partial charge in [-0.3, -0.25) is 24.1 Å². The Labute approximate surface area is 241 Å². The van der Waals surface area contributed by atoms with Gasteiger partial charge in [-0.15, -0.1) is 11.8 Å². The highest BCUT2D eigenvalue weighted by Gasteiger charge is 2.39. The molecule has 3 amide bonds. The lowest BCUT2D eigenvalue weighted by Gasteiger charge is -2.25. The Bertz CT molecular complexity index is 647. The number of rotatable bonds is 13. The number of hydrogen-bond acceptors (Lipinski definition) is 9. The molecule has 0 spiro atoms. The Hall–Kier alpha value is -1.82. The van der Waals surface area contributed by atoms with E-state index in [1.54, 1.807) is 6.92 Å². The zero-order chi connectivity index (χ0) is 30.6. The van der Waals surface area contributed by atoms with Gasteiger partial charge in [0.05, 0.1) is 31.6 Å². The van der Waals surface area contributed by atoms with Crippen molar-refractivity contribution in [2.24, 2.45) is 5.92 Å². The lowest BCUT2D eigenvalue weighted by Crippen LogP contribution is -2.37. The number of thioether (sulfide) groups is 1. The summed E-state index contributed by atoms with van der Waals surface area (Å²) in [6, 6.07) is 0. The summed E-state index contributed by atoms with van der Waals surface area (Å²) >= 11 is 1.47. The number of Topliss-reactive ketones (excluding diaryl/α,β-unsaturated/α-hetero) is 1. The van der Waals surface area contributed by atoms with Crippen molar-refractivity contribution in [2.75, 3.05) is 52.8 Å². The topological polar surface area (TPSA) is 131 Å². The second-order valence-corrected chi connectivity index (χ2v) is 9.77. The lowest BCUT2D eigenvalue weighted by atomic mass is 9.89. The molecule has 2 aliphatic rings. The number of likely N-dealkylation sites (tertiary alicyclic amines) is 1. The number of nitrogens with zero attached hydrogens (tertiary/aromatic N) is 1. The Kier molecular flexibility index (Phi) is 31.2.